The van der Waals surface area contributed by atoms with Crippen LogP contribution in [0.3, 0.4) is 0 Å². The summed E-state index contributed by atoms with van der Waals surface area (Å²) in [5.74, 6) is -3.61. The van der Waals surface area contributed by atoms with Crippen molar-refractivity contribution in [3.63, 3.8) is 0 Å². The van der Waals surface area contributed by atoms with Gasteiger partial charge in [0.15, 0.2) is 0 Å². The molecule has 0 bridgehead atoms. The Balaban J connectivity index is 1.52. The van der Waals surface area contributed by atoms with E-state index in [0.717, 1.165) is 18.2 Å². The van der Waals surface area contributed by atoms with Gasteiger partial charge in [0.2, 0.25) is 0 Å². The molecule has 0 aliphatic rings. The van der Waals surface area contributed by atoms with Crippen LogP contribution in [0.15, 0.2) is 59.4 Å². The summed E-state index contributed by atoms with van der Waals surface area (Å²) in [6, 6.07) is 11.2. The molecule has 1 heterocycles. The molecule has 0 aliphatic carbocycles. The summed E-state index contributed by atoms with van der Waals surface area (Å²) < 4.78 is 29.6. The van der Waals surface area contributed by atoms with E-state index in [-0.39, 0.29) is 22.5 Å². The van der Waals surface area contributed by atoms with E-state index in [9.17, 15) is 28.3 Å². The number of fused-ring (bicyclic) bond motifs is 1. The van der Waals surface area contributed by atoms with Gasteiger partial charge in [0.25, 0.3) is 11.8 Å². The largest absolute Gasteiger partial charge is 0.507 e. The summed E-state index contributed by atoms with van der Waals surface area (Å²) in [7, 11) is 3.26. The first-order chi connectivity index (χ1) is 15.6. The van der Waals surface area contributed by atoms with Gasteiger partial charge in [0.05, 0.1) is 16.6 Å². The average Bonchev–Trinajstić information content (AvgIpc) is 2.96. The first-order valence-electron chi connectivity index (χ1n) is 9.71. The van der Waals surface area contributed by atoms with E-state index in [2.05, 4.69) is 10.6 Å². The molecule has 8 nitrogen and oxygen atoms in total. The van der Waals surface area contributed by atoms with Crippen LogP contribution in [0, 0.1) is 11.6 Å². The monoisotopic (exact) mass is 452 g/mol. The second kappa shape index (κ2) is 8.23. The first kappa shape index (κ1) is 21.8. The van der Waals surface area contributed by atoms with Crippen LogP contribution in [0.25, 0.3) is 11.0 Å². The number of anilines is 2. The van der Waals surface area contributed by atoms with E-state index < -0.39 is 29.2 Å². The number of amides is 2. The number of rotatable bonds is 4. The lowest BCUT2D eigenvalue weighted by Crippen LogP contribution is -2.19. The van der Waals surface area contributed by atoms with Crippen molar-refractivity contribution < 1.29 is 23.5 Å². The lowest BCUT2D eigenvalue weighted by Gasteiger charge is -2.10. The van der Waals surface area contributed by atoms with Crippen molar-refractivity contribution in [3.8, 4) is 5.75 Å². The Hall–Kier alpha value is -4.47. The Bertz CT molecular complexity index is 1470. The number of benzene rings is 3. The highest BCUT2D eigenvalue weighted by Gasteiger charge is 2.16. The van der Waals surface area contributed by atoms with E-state index in [1.807, 2.05) is 0 Å². The number of hydrogen-bond donors (Lipinski definition) is 3. The Morgan fingerprint density at radius 3 is 2.03 bits per heavy atom. The van der Waals surface area contributed by atoms with Crippen LogP contribution in [0.4, 0.5) is 20.2 Å². The van der Waals surface area contributed by atoms with Crippen LogP contribution >= 0.6 is 0 Å². The van der Waals surface area contributed by atoms with E-state index in [1.165, 1.54) is 21.3 Å². The van der Waals surface area contributed by atoms with Crippen molar-refractivity contribution in [2.75, 3.05) is 10.6 Å². The number of carbonyl (C=O) groups excluding carboxylic acids is 2. The van der Waals surface area contributed by atoms with Gasteiger partial charge in [0, 0.05) is 43.2 Å². The van der Waals surface area contributed by atoms with Crippen molar-refractivity contribution in [3.05, 3.63) is 87.8 Å². The van der Waals surface area contributed by atoms with Crippen molar-refractivity contribution in [2.24, 2.45) is 14.1 Å². The molecule has 0 saturated carbocycles. The summed E-state index contributed by atoms with van der Waals surface area (Å²) in [4.78, 5) is 36.9. The molecule has 0 unspecified atom stereocenters. The average molecular weight is 452 g/mol. The maximum absolute atomic E-state index is 13.3. The van der Waals surface area contributed by atoms with Gasteiger partial charge in [0.1, 0.15) is 17.4 Å². The highest BCUT2D eigenvalue weighted by atomic mass is 19.1. The number of phenolic OH excluding ortho intramolecular Hbond substituents is 1. The van der Waals surface area contributed by atoms with Gasteiger partial charge in [-0.1, -0.05) is 0 Å². The van der Waals surface area contributed by atoms with Gasteiger partial charge in [-0.3, -0.25) is 18.7 Å². The topological polar surface area (TPSA) is 105 Å². The molecule has 0 fully saturated rings. The molecule has 3 N–H and O–H groups in total. The third kappa shape index (κ3) is 4.18. The lowest BCUT2D eigenvalue weighted by atomic mass is 10.1. The zero-order valence-electron chi connectivity index (χ0n) is 17.5. The Labute approximate surface area is 185 Å². The second-order valence-corrected chi connectivity index (χ2v) is 7.40. The molecule has 4 aromatic rings. The summed E-state index contributed by atoms with van der Waals surface area (Å²) in [5.41, 5.74) is 1.35. The van der Waals surface area contributed by atoms with Crippen molar-refractivity contribution >= 4 is 34.2 Å². The smallest absolute Gasteiger partial charge is 0.328 e. The van der Waals surface area contributed by atoms with E-state index in [4.69, 9.17) is 0 Å². The van der Waals surface area contributed by atoms with Gasteiger partial charge < -0.3 is 15.7 Å². The third-order valence-corrected chi connectivity index (χ3v) is 5.15. The summed E-state index contributed by atoms with van der Waals surface area (Å²) in [6.07, 6.45) is 0. The number of hydrogen-bond acceptors (Lipinski definition) is 4. The fraction of sp³-hybridized carbons (Fsp3) is 0.0870. The molecule has 33 heavy (non-hydrogen) atoms. The molecule has 1 aromatic heterocycles. The molecule has 0 aliphatic heterocycles. The number of aromatic hydroxyl groups is 1. The zero-order chi connectivity index (χ0) is 23.9. The third-order valence-electron chi connectivity index (χ3n) is 5.15. The molecule has 168 valence electrons. The number of nitrogens with one attached hydrogen (secondary N) is 2. The molecule has 2 amide bonds. The number of nitrogens with zero attached hydrogens (tertiary/aromatic N) is 2. The molecular formula is C23H18F2N4O4. The summed E-state index contributed by atoms with van der Waals surface area (Å²) >= 11 is 0. The molecule has 0 atom stereocenters. The second-order valence-electron chi connectivity index (χ2n) is 7.40. The van der Waals surface area contributed by atoms with Crippen LogP contribution < -0.4 is 16.3 Å². The number of halogens is 2. The molecule has 0 saturated heterocycles. The summed E-state index contributed by atoms with van der Waals surface area (Å²) in [5, 5.41) is 15.3. The van der Waals surface area contributed by atoms with Gasteiger partial charge >= 0.3 is 5.69 Å². The van der Waals surface area contributed by atoms with Gasteiger partial charge in [-0.15, -0.1) is 0 Å². The highest BCUT2D eigenvalue weighted by molar-refractivity contribution is 6.08. The minimum absolute atomic E-state index is 0.0631. The maximum Gasteiger partial charge on any atom is 0.328 e. The number of aromatic nitrogens is 2. The van der Waals surface area contributed by atoms with Gasteiger partial charge in [-0.05, 0) is 42.5 Å². The van der Waals surface area contributed by atoms with Crippen LogP contribution in [-0.2, 0) is 14.1 Å². The standard InChI is InChI=1S/C23H18F2N4O4/c1-28-18-6-4-15(10-19(18)29(2)23(28)33)27-22(32)17-5-3-16(11-20(17)30)26-21(31)12-7-13(24)9-14(25)8-12/h3-11,30H,1-2H3,(H,26,31)(H,27,32). The van der Waals surface area contributed by atoms with Gasteiger partial charge in [-0.25, -0.2) is 13.6 Å². The van der Waals surface area contributed by atoms with Crippen molar-refractivity contribution in [1.29, 1.82) is 0 Å². The van der Waals surface area contributed by atoms with Crippen LogP contribution in [0.1, 0.15) is 20.7 Å². The molecule has 4 rings (SSSR count). The Morgan fingerprint density at radius 1 is 0.788 bits per heavy atom. The highest BCUT2D eigenvalue weighted by Crippen LogP contribution is 2.25. The SMILES string of the molecule is Cn1c(=O)n(C)c2cc(NC(=O)c3ccc(NC(=O)c4cc(F)cc(F)c4)cc3O)ccc21. The molecular weight excluding hydrogens is 434 g/mol. The maximum atomic E-state index is 13.3. The predicted octanol–water partition coefficient (Wildman–Crippen LogP) is 3.37. The number of imidazole rings is 1. The predicted molar refractivity (Wildman–Crippen MR) is 119 cm³/mol. The number of phenols is 1. The first-order valence-corrected chi connectivity index (χ1v) is 9.71. The summed E-state index contributed by atoms with van der Waals surface area (Å²) in [6.45, 7) is 0. The van der Waals surface area contributed by atoms with E-state index in [1.54, 1.807) is 32.3 Å². The van der Waals surface area contributed by atoms with E-state index in [0.29, 0.717) is 22.8 Å². The van der Waals surface area contributed by atoms with Crippen LogP contribution in [0.2, 0.25) is 0 Å². The molecule has 3 aromatic carbocycles. The van der Waals surface area contributed by atoms with Gasteiger partial charge in [-0.2, -0.15) is 0 Å². The minimum Gasteiger partial charge on any atom is -0.507 e. The Kier molecular flexibility index (Phi) is 5.42. The minimum atomic E-state index is -0.899. The zero-order valence-corrected chi connectivity index (χ0v) is 17.5. The van der Waals surface area contributed by atoms with Crippen molar-refractivity contribution in [1.82, 2.24) is 9.13 Å². The molecule has 0 radical (unpaired) electrons. The fourth-order valence-corrected chi connectivity index (χ4v) is 3.47. The molecule has 10 heteroatoms. The van der Waals surface area contributed by atoms with E-state index >= 15 is 0 Å². The van der Waals surface area contributed by atoms with Crippen LogP contribution in [-0.4, -0.2) is 26.1 Å². The fourth-order valence-electron chi connectivity index (χ4n) is 3.47. The quantitative estimate of drug-likeness (QED) is 0.442. The lowest BCUT2D eigenvalue weighted by molar-refractivity contribution is 0.101. The number of aryl methyl sites for hydroxylation is 2. The Morgan fingerprint density at radius 2 is 1.36 bits per heavy atom. The normalized spacial score (nSPS) is 10.9. The van der Waals surface area contributed by atoms with Crippen LogP contribution in [0.5, 0.6) is 5.75 Å². The number of carbonyl (C=O) groups is 2. The van der Waals surface area contributed by atoms with Crippen molar-refractivity contribution in [2.45, 2.75) is 0 Å². The molecule has 0 spiro atoms.